The summed E-state index contributed by atoms with van der Waals surface area (Å²) in [5.74, 6) is -3.47. The van der Waals surface area contributed by atoms with Gasteiger partial charge in [0, 0.05) is 155 Å². The van der Waals surface area contributed by atoms with Crippen molar-refractivity contribution in [2.24, 2.45) is 17.3 Å². The average Bonchev–Trinajstić information content (AvgIpc) is 1.54. The summed E-state index contributed by atoms with van der Waals surface area (Å²) >= 11 is 0. The maximum atomic E-state index is 14.2. The molecule has 4 saturated heterocycles. The Labute approximate surface area is 699 Å². The molecule has 8 amide bonds. The van der Waals surface area contributed by atoms with Gasteiger partial charge in [-0.1, -0.05) is 52.4 Å². The first-order chi connectivity index (χ1) is 57.0. The predicted octanol–water partition coefficient (Wildman–Crippen LogP) is -0.815. The second-order valence-electron chi connectivity index (χ2n) is 31.3. The molecular weight excluding hydrogens is 1590 g/mol. The zero-order valence-electron chi connectivity index (χ0n) is 70.2. The summed E-state index contributed by atoms with van der Waals surface area (Å²) in [7, 11) is -2.29. The summed E-state index contributed by atoms with van der Waals surface area (Å²) in [6, 6.07) is -1.53. The van der Waals surface area contributed by atoms with Gasteiger partial charge in [-0.05, 0) is 77.0 Å². The second kappa shape index (κ2) is 60.4. The molecular formula is C79H142N8O31P-. The van der Waals surface area contributed by atoms with Crippen LogP contribution in [0.15, 0.2) is 0 Å². The quantitative estimate of drug-likeness (QED) is 0.0201. The molecule has 18 atom stereocenters. The van der Waals surface area contributed by atoms with Crippen LogP contribution in [0.2, 0.25) is 0 Å². The fraction of sp³-hybridized carbons (Fsp3) is 0.873. The zero-order chi connectivity index (χ0) is 87.6. The number of Topliss-reactive ketones (excluding diaryl/α,β-unsaturated/α-hetero) is 1. The molecule has 0 radical (unpaired) electrons. The summed E-state index contributed by atoms with van der Waals surface area (Å²) in [4.78, 5) is 118. The molecule has 0 aromatic carbocycles. The Morgan fingerprint density at radius 1 is 0.445 bits per heavy atom. The van der Waals surface area contributed by atoms with Crippen LogP contribution in [-0.2, 0) is 99.4 Å². The molecule has 0 bridgehead atoms. The summed E-state index contributed by atoms with van der Waals surface area (Å²) < 4.78 is 74.8. The molecule has 4 fully saturated rings. The predicted molar refractivity (Wildman–Crippen MR) is 427 cm³/mol. The number of carbonyl (C=O) groups excluding carboxylic acids is 9. The number of β-amino-alcohol motifs (C(OH)–C–C–N with tert-alkyl or cyclic N) is 1. The molecule has 4 heterocycles. The van der Waals surface area contributed by atoms with E-state index in [0.717, 1.165) is 38.5 Å². The lowest BCUT2D eigenvalue weighted by atomic mass is 9.84. The highest BCUT2D eigenvalue weighted by atomic mass is 31.2. The summed E-state index contributed by atoms with van der Waals surface area (Å²) in [6.07, 6.45) is -2.87. The van der Waals surface area contributed by atoms with Crippen LogP contribution in [0.3, 0.4) is 0 Å². The minimum atomic E-state index is -3.51. The van der Waals surface area contributed by atoms with Gasteiger partial charge in [0.1, 0.15) is 54.6 Å². The Bertz CT molecular complexity index is 2870. The first-order valence-corrected chi connectivity index (χ1v) is 44.2. The summed E-state index contributed by atoms with van der Waals surface area (Å²) in [6.45, 7) is 7.96. The largest absolute Gasteiger partial charge is 0.394 e. The van der Waals surface area contributed by atoms with E-state index in [1.165, 1.54) is 14.0 Å². The maximum absolute atomic E-state index is 14.2. The van der Waals surface area contributed by atoms with Crippen LogP contribution in [0.4, 0.5) is 0 Å². The average molecular weight is 1730 g/mol. The number of carbonyl (C=O) groups is 9. The van der Waals surface area contributed by atoms with Gasteiger partial charge in [0.25, 0.3) is 0 Å². The van der Waals surface area contributed by atoms with Crippen molar-refractivity contribution < 1.29 is 150 Å². The number of unbranched alkanes of at least 4 members (excludes halogenated alkanes) is 10. The lowest BCUT2D eigenvalue weighted by Gasteiger charge is -2.42. The number of nitrogens with one attached hydrogen (secondary N) is 7. The van der Waals surface area contributed by atoms with Gasteiger partial charge in [0.05, 0.1) is 90.4 Å². The molecule has 40 heteroatoms. The highest BCUT2D eigenvalue weighted by Gasteiger charge is 2.47. The van der Waals surface area contributed by atoms with Gasteiger partial charge < -0.3 is 145 Å². The third kappa shape index (κ3) is 42.8. The van der Waals surface area contributed by atoms with Crippen molar-refractivity contribution in [3.05, 3.63) is 6.66 Å². The molecule has 0 aliphatic carbocycles. The van der Waals surface area contributed by atoms with E-state index < -0.39 is 143 Å². The molecule has 16 unspecified atom stereocenters. The summed E-state index contributed by atoms with van der Waals surface area (Å²) in [5, 5.41) is 120. The Hall–Kier alpha value is -5.18. The van der Waals surface area contributed by atoms with Gasteiger partial charge in [-0.2, -0.15) is 0 Å². The van der Waals surface area contributed by atoms with E-state index >= 15 is 0 Å². The van der Waals surface area contributed by atoms with E-state index in [0.29, 0.717) is 77.0 Å². The number of nitrogens with zero attached hydrogens (tertiary/aromatic N) is 1. The Morgan fingerprint density at radius 2 is 0.790 bits per heavy atom. The van der Waals surface area contributed by atoms with E-state index in [1.54, 1.807) is 18.7 Å². The first kappa shape index (κ1) is 106. The van der Waals surface area contributed by atoms with E-state index in [4.69, 9.17) is 51.7 Å². The van der Waals surface area contributed by atoms with Crippen molar-refractivity contribution in [1.29, 1.82) is 0 Å². The number of rotatable bonds is 66. The minimum absolute atomic E-state index is 0.0623. The Balaban J connectivity index is 1.29. The Kier molecular flexibility index (Phi) is 53.9. The van der Waals surface area contributed by atoms with Crippen LogP contribution in [-0.4, -0.2) is 340 Å². The number of aliphatic hydroxyl groups is 10. The van der Waals surface area contributed by atoms with Crippen molar-refractivity contribution >= 4 is 60.6 Å². The van der Waals surface area contributed by atoms with E-state index in [2.05, 4.69) is 43.9 Å². The normalized spacial score (nSPS) is 26.1. The number of likely N-dealkylation sites (tertiary alicyclic amines) is 1. The van der Waals surface area contributed by atoms with Crippen LogP contribution < -0.4 is 37.2 Å². The van der Waals surface area contributed by atoms with Crippen LogP contribution in [0, 0.1) is 23.9 Å². The number of ketones is 1. The van der Waals surface area contributed by atoms with Crippen LogP contribution >= 0.6 is 7.60 Å². The number of amides is 8. The first-order valence-electron chi connectivity index (χ1n) is 42.4. The van der Waals surface area contributed by atoms with Crippen LogP contribution in [0.1, 0.15) is 194 Å². The van der Waals surface area contributed by atoms with E-state index in [9.17, 15) is 98.8 Å². The second-order valence-corrected chi connectivity index (χ2v) is 33.2. The van der Waals surface area contributed by atoms with Gasteiger partial charge in [-0.25, -0.2) is 6.66 Å². The Morgan fingerprint density at radius 3 is 1.17 bits per heavy atom. The molecule has 0 aromatic rings. The standard InChI is InChI=1S/C79H142N8O31P/c1-53-70(101)72(103)59(46-88)116-76(53)112-37-17-14-24-62(94)80-31-20-34-83-65(97)28-40-109-50-79(44-57(92)23-12-10-8-6-7-9-11-13-27-68(100)87-45-58(93)43-56(87)49-115-119(5,107)108-4,51-110-41-29-66(98)84-35-21-32-81-63(95)25-15-18-38-113-77-54(2)71(102)73(104)60(47-89)117-77)52-111-42-30-67(99)85-36-22-33-82-64(96)26-16-19-39-114-78-69(86-55(3)91)75(106)74(105)61(48-90)118-78/h53-54,56,58-61,69-78,88-90,93,101-106H,5-52H2,1-4H3,(H,80,94)(H,81,95)(H,82,96)(H,83,97)(H,84,98)(H,85,99)(H,86,91)/q-1/t53?,54?,56-,58+,59?,60?,61?,69?,70?,71?,72?,73?,74?,75?,76?,77?,78?,79?,119?/m0/s1. The number of hydrogen-bond donors (Lipinski definition) is 17. The van der Waals surface area contributed by atoms with Crippen LogP contribution in [0.5, 0.6) is 0 Å². The monoisotopic (exact) mass is 1730 g/mol. The lowest BCUT2D eigenvalue weighted by molar-refractivity contribution is -0.282. The van der Waals surface area contributed by atoms with Crippen molar-refractivity contribution in [3.8, 4) is 0 Å². The molecule has 0 spiro atoms. The van der Waals surface area contributed by atoms with Gasteiger partial charge in [0.15, 0.2) is 26.5 Å². The molecule has 39 nitrogen and oxygen atoms in total. The topological polar surface area (TPSA) is 562 Å². The molecule has 4 rings (SSSR count). The van der Waals surface area contributed by atoms with E-state index in [1.807, 2.05) is 0 Å². The lowest BCUT2D eigenvalue weighted by Crippen LogP contribution is -2.64. The van der Waals surface area contributed by atoms with Gasteiger partial charge in [0.2, 0.25) is 47.3 Å². The van der Waals surface area contributed by atoms with Gasteiger partial charge in [-0.15, -0.1) is 0 Å². The third-order valence-electron chi connectivity index (χ3n) is 21.1. The van der Waals surface area contributed by atoms with Crippen molar-refractivity contribution in [2.45, 2.75) is 286 Å². The molecule has 119 heavy (non-hydrogen) atoms. The van der Waals surface area contributed by atoms with Crippen LogP contribution in [0.25, 0.3) is 0 Å². The number of hydrogen-bond acceptors (Lipinski definition) is 31. The van der Waals surface area contributed by atoms with Gasteiger partial charge >= 0.3 is 0 Å². The highest BCUT2D eigenvalue weighted by Crippen LogP contribution is 2.46. The number of aliphatic hydroxyl groups excluding tert-OH is 10. The molecule has 0 aromatic heterocycles. The molecule has 4 aliphatic heterocycles. The SMILES string of the molecule is [CH2-]P(=O)(OC)OC[C@@H]1C[C@@H](O)CN1C(=O)CCCCCCCCCCC(=O)CC(COCCC(=O)NCCCNC(=O)CCCCOC1OC(CO)C(O)C(O)C1C)(COCCC(=O)NCCCNC(=O)CCCCOC1OC(CO)C(O)C(O)C1C)COCCC(=O)NCCCNC(=O)CCCCOC1OC(CO)C(O)C(O)C1NC(C)=O. The third-order valence-corrected chi connectivity index (χ3v) is 22.2. The fourth-order valence-electron chi connectivity index (χ4n) is 13.9. The fourth-order valence-corrected chi connectivity index (χ4v) is 14.4. The van der Waals surface area contributed by atoms with Crippen molar-refractivity contribution in [1.82, 2.24) is 42.1 Å². The van der Waals surface area contributed by atoms with Gasteiger partial charge in [-0.3, -0.25) is 47.7 Å². The van der Waals surface area contributed by atoms with Crippen molar-refractivity contribution in [3.63, 3.8) is 0 Å². The minimum Gasteiger partial charge on any atom is -0.394 e. The molecule has 0 saturated carbocycles. The smallest absolute Gasteiger partial charge is 0.222 e. The van der Waals surface area contributed by atoms with E-state index in [-0.39, 0.29) is 217 Å². The maximum Gasteiger partial charge on any atom is 0.222 e. The number of ether oxygens (including phenoxy) is 9. The summed E-state index contributed by atoms with van der Waals surface area (Å²) in [5.41, 5.74) is -1.17. The van der Waals surface area contributed by atoms with Crippen molar-refractivity contribution in [2.75, 3.05) is 139 Å². The zero-order valence-corrected chi connectivity index (χ0v) is 71.1. The molecule has 17 N–H and O–H groups in total. The molecule has 4 aliphatic rings. The highest BCUT2D eigenvalue weighted by molar-refractivity contribution is 7.55. The molecule has 690 valence electrons.